The first kappa shape index (κ1) is 16.7. The number of fused-ring (bicyclic) bond motifs is 1. The number of halogens is 2. The molecule has 2 aromatic rings. The minimum atomic E-state index is -0.277. The van der Waals surface area contributed by atoms with Gasteiger partial charge in [0.2, 0.25) is 0 Å². The zero-order valence-electron chi connectivity index (χ0n) is 12.7. The van der Waals surface area contributed by atoms with Crippen LogP contribution in [0.1, 0.15) is 5.56 Å². The molecule has 0 bridgehead atoms. The van der Waals surface area contributed by atoms with Crippen LogP contribution in [-0.4, -0.2) is 25.7 Å². The van der Waals surface area contributed by atoms with Gasteiger partial charge in [-0.05, 0) is 18.2 Å². The van der Waals surface area contributed by atoms with Crippen molar-refractivity contribution in [3.63, 3.8) is 0 Å². The van der Waals surface area contributed by atoms with Crippen LogP contribution < -0.4 is 19.5 Å². The van der Waals surface area contributed by atoms with Crippen molar-refractivity contribution in [3.8, 4) is 17.2 Å². The van der Waals surface area contributed by atoms with Crippen molar-refractivity contribution in [2.45, 2.75) is 6.54 Å². The van der Waals surface area contributed by atoms with E-state index in [1.165, 1.54) is 0 Å². The fourth-order valence-corrected chi connectivity index (χ4v) is 2.58. The lowest BCUT2D eigenvalue weighted by Crippen LogP contribution is -2.29. The number of amides is 1. The van der Waals surface area contributed by atoms with Crippen LogP contribution in [0.3, 0.4) is 0 Å². The van der Waals surface area contributed by atoms with Gasteiger partial charge in [0.1, 0.15) is 19.0 Å². The molecule has 24 heavy (non-hydrogen) atoms. The summed E-state index contributed by atoms with van der Waals surface area (Å²) in [6.45, 7) is 1.18. The van der Waals surface area contributed by atoms with E-state index in [1.54, 1.807) is 18.2 Å². The number of hydrogen-bond acceptors (Lipinski definition) is 4. The first-order chi connectivity index (χ1) is 11.6. The third-order valence-corrected chi connectivity index (χ3v) is 3.92. The minimum Gasteiger partial charge on any atom is -0.486 e. The van der Waals surface area contributed by atoms with E-state index in [-0.39, 0.29) is 12.5 Å². The third kappa shape index (κ3) is 4.04. The fraction of sp³-hybridized carbons (Fsp3) is 0.235. The fourth-order valence-electron chi connectivity index (χ4n) is 2.25. The Balaban J connectivity index is 1.55. The van der Waals surface area contributed by atoms with Gasteiger partial charge in [-0.1, -0.05) is 35.3 Å². The number of rotatable bonds is 5. The Hall–Kier alpha value is -2.11. The first-order valence-corrected chi connectivity index (χ1v) is 8.11. The smallest absolute Gasteiger partial charge is 0.258 e. The summed E-state index contributed by atoms with van der Waals surface area (Å²) in [5.41, 5.74) is 0.848. The van der Waals surface area contributed by atoms with Crippen LogP contribution in [0.25, 0.3) is 0 Å². The van der Waals surface area contributed by atoms with Gasteiger partial charge < -0.3 is 19.5 Å². The number of ether oxygens (including phenoxy) is 3. The quantitative estimate of drug-likeness (QED) is 0.878. The second-order valence-electron chi connectivity index (χ2n) is 5.08. The molecule has 0 saturated heterocycles. The molecular formula is C17H15Cl2NO4. The molecule has 5 nitrogen and oxygen atoms in total. The van der Waals surface area contributed by atoms with Crippen molar-refractivity contribution in [2.24, 2.45) is 0 Å². The van der Waals surface area contributed by atoms with Crippen LogP contribution >= 0.6 is 23.2 Å². The Morgan fingerprint density at radius 2 is 2.00 bits per heavy atom. The van der Waals surface area contributed by atoms with E-state index in [1.807, 2.05) is 18.2 Å². The average Bonchev–Trinajstić information content (AvgIpc) is 2.60. The lowest BCUT2D eigenvalue weighted by Gasteiger charge is -2.21. The Kier molecular flexibility index (Phi) is 5.33. The molecule has 7 heteroatoms. The normalized spacial score (nSPS) is 12.6. The van der Waals surface area contributed by atoms with Crippen LogP contribution in [0, 0.1) is 0 Å². The van der Waals surface area contributed by atoms with E-state index in [9.17, 15) is 4.79 Å². The highest BCUT2D eigenvalue weighted by atomic mass is 35.5. The molecule has 0 atom stereocenters. The molecule has 0 fully saturated rings. The monoisotopic (exact) mass is 367 g/mol. The van der Waals surface area contributed by atoms with Gasteiger partial charge in [-0.15, -0.1) is 0 Å². The number of carbonyl (C=O) groups is 1. The van der Waals surface area contributed by atoms with Gasteiger partial charge in [0.25, 0.3) is 5.91 Å². The SMILES string of the molecule is O=C(COc1cc(Cl)ccc1Cl)NCc1cccc2c1OCCO2. The second kappa shape index (κ2) is 7.64. The lowest BCUT2D eigenvalue weighted by atomic mass is 10.1. The summed E-state index contributed by atoms with van der Waals surface area (Å²) in [5.74, 6) is 1.45. The maximum absolute atomic E-state index is 12.0. The molecule has 1 N–H and O–H groups in total. The van der Waals surface area contributed by atoms with Gasteiger partial charge in [0.15, 0.2) is 18.1 Å². The summed E-state index contributed by atoms with van der Waals surface area (Å²) >= 11 is 11.9. The van der Waals surface area contributed by atoms with Gasteiger partial charge in [-0.2, -0.15) is 0 Å². The molecule has 1 aliphatic rings. The number of carbonyl (C=O) groups excluding carboxylic acids is 1. The molecule has 3 rings (SSSR count). The maximum Gasteiger partial charge on any atom is 0.258 e. The van der Waals surface area contributed by atoms with Gasteiger partial charge >= 0.3 is 0 Å². The summed E-state index contributed by atoms with van der Waals surface area (Å²) in [6, 6.07) is 10.4. The Morgan fingerprint density at radius 3 is 2.88 bits per heavy atom. The van der Waals surface area contributed by atoms with Gasteiger partial charge in [-0.25, -0.2) is 0 Å². The molecule has 1 amide bonds. The second-order valence-corrected chi connectivity index (χ2v) is 5.93. The third-order valence-electron chi connectivity index (χ3n) is 3.38. The van der Waals surface area contributed by atoms with E-state index < -0.39 is 0 Å². The highest BCUT2D eigenvalue weighted by Crippen LogP contribution is 2.33. The van der Waals surface area contributed by atoms with E-state index in [2.05, 4.69) is 5.32 Å². The summed E-state index contributed by atoms with van der Waals surface area (Å²) in [6.07, 6.45) is 0. The number of benzene rings is 2. The molecule has 1 heterocycles. The number of hydrogen-bond donors (Lipinski definition) is 1. The zero-order valence-corrected chi connectivity index (χ0v) is 14.2. The highest BCUT2D eigenvalue weighted by Gasteiger charge is 2.16. The zero-order chi connectivity index (χ0) is 16.9. The van der Waals surface area contributed by atoms with Crippen molar-refractivity contribution < 1.29 is 19.0 Å². The van der Waals surface area contributed by atoms with Crippen molar-refractivity contribution >= 4 is 29.1 Å². The van der Waals surface area contributed by atoms with E-state index in [4.69, 9.17) is 37.4 Å². The summed E-state index contributed by atoms with van der Waals surface area (Å²) < 4.78 is 16.5. The molecule has 0 saturated carbocycles. The van der Waals surface area contributed by atoms with Gasteiger partial charge in [-0.3, -0.25) is 4.79 Å². The summed E-state index contributed by atoms with van der Waals surface area (Å²) in [7, 11) is 0. The Labute approximate surface area is 149 Å². The average molecular weight is 368 g/mol. The van der Waals surface area contributed by atoms with E-state index in [0.717, 1.165) is 5.56 Å². The molecule has 2 aromatic carbocycles. The van der Waals surface area contributed by atoms with Crippen molar-refractivity contribution in [3.05, 3.63) is 52.0 Å². The van der Waals surface area contributed by atoms with Gasteiger partial charge in [0, 0.05) is 23.2 Å². The molecule has 0 radical (unpaired) electrons. The molecule has 1 aliphatic heterocycles. The van der Waals surface area contributed by atoms with Crippen LogP contribution in [0.15, 0.2) is 36.4 Å². The number of para-hydroxylation sites is 1. The number of nitrogens with one attached hydrogen (secondary N) is 1. The molecule has 0 aliphatic carbocycles. The predicted molar refractivity (Wildman–Crippen MR) is 91.2 cm³/mol. The lowest BCUT2D eigenvalue weighted by molar-refractivity contribution is -0.123. The van der Waals surface area contributed by atoms with Crippen LogP contribution in [0.2, 0.25) is 10.0 Å². The largest absolute Gasteiger partial charge is 0.486 e. The van der Waals surface area contributed by atoms with E-state index in [0.29, 0.717) is 47.1 Å². The maximum atomic E-state index is 12.0. The standard InChI is InChI=1S/C17H15Cl2NO4/c18-12-4-5-13(19)15(8-12)24-10-16(21)20-9-11-2-1-3-14-17(11)23-7-6-22-14/h1-5,8H,6-7,9-10H2,(H,20,21). The summed E-state index contributed by atoms with van der Waals surface area (Å²) in [5, 5.41) is 3.66. The van der Waals surface area contributed by atoms with Gasteiger partial charge in [0.05, 0.1) is 5.02 Å². The predicted octanol–water partition coefficient (Wildman–Crippen LogP) is 3.46. The topological polar surface area (TPSA) is 56.8 Å². The highest BCUT2D eigenvalue weighted by molar-refractivity contribution is 6.34. The Bertz CT molecular complexity index is 751. The molecular weight excluding hydrogens is 353 g/mol. The minimum absolute atomic E-state index is 0.160. The van der Waals surface area contributed by atoms with Crippen molar-refractivity contribution in [2.75, 3.05) is 19.8 Å². The van der Waals surface area contributed by atoms with Crippen LogP contribution in [-0.2, 0) is 11.3 Å². The van der Waals surface area contributed by atoms with Crippen LogP contribution in [0.4, 0.5) is 0 Å². The molecule has 0 aromatic heterocycles. The molecule has 126 valence electrons. The van der Waals surface area contributed by atoms with E-state index >= 15 is 0 Å². The summed E-state index contributed by atoms with van der Waals surface area (Å²) in [4.78, 5) is 12.0. The first-order valence-electron chi connectivity index (χ1n) is 7.35. The Morgan fingerprint density at radius 1 is 1.17 bits per heavy atom. The molecule has 0 spiro atoms. The molecule has 0 unspecified atom stereocenters. The van der Waals surface area contributed by atoms with Crippen molar-refractivity contribution in [1.82, 2.24) is 5.32 Å². The van der Waals surface area contributed by atoms with Crippen LogP contribution in [0.5, 0.6) is 17.2 Å². The van der Waals surface area contributed by atoms with Crippen molar-refractivity contribution in [1.29, 1.82) is 0 Å².